The molecule has 3 rings (SSSR count). The Morgan fingerprint density at radius 1 is 1.12 bits per heavy atom. The first kappa shape index (κ1) is 16.4. The van der Waals surface area contributed by atoms with Crippen LogP contribution in [0.2, 0.25) is 0 Å². The lowest BCUT2D eigenvalue weighted by molar-refractivity contribution is 0.262. The lowest BCUT2D eigenvalue weighted by Gasteiger charge is -2.06. The molecule has 2 amide bonds. The predicted molar refractivity (Wildman–Crippen MR) is 98.7 cm³/mol. The van der Waals surface area contributed by atoms with E-state index in [1.54, 1.807) is 31.4 Å². The van der Waals surface area contributed by atoms with Crippen LogP contribution in [-0.4, -0.2) is 23.3 Å². The van der Waals surface area contributed by atoms with Crippen LogP contribution in [0.15, 0.2) is 53.0 Å². The van der Waals surface area contributed by atoms with Crippen molar-refractivity contribution in [3.63, 3.8) is 0 Å². The Labute approximate surface area is 151 Å². The third-order valence-corrected chi connectivity index (χ3v) is 4.48. The van der Waals surface area contributed by atoms with Crippen molar-refractivity contribution in [2.24, 2.45) is 0 Å². The Morgan fingerprint density at radius 2 is 1.92 bits per heavy atom. The van der Waals surface area contributed by atoms with Crippen LogP contribution in [0.3, 0.4) is 0 Å². The predicted octanol–water partition coefficient (Wildman–Crippen LogP) is 4.62. The molecule has 0 atom stereocenters. The van der Waals surface area contributed by atoms with Crippen LogP contribution in [0, 0.1) is 0 Å². The highest BCUT2D eigenvalue weighted by Crippen LogP contribution is 2.27. The zero-order valence-electron chi connectivity index (χ0n) is 12.6. The monoisotopic (exact) mass is 404 g/mol. The third-order valence-electron chi connectivity index (χ3n) is 3.06. The molecule has 0 aliphatic rings. The van der Waals surface area contributed by atoms with Gasteiger partial charge in [-0.1, -0.05) is 45.5 Å². The van der Waals surface area contributed by atoms with E-state index in [9.17, 15) is 4.79 Å². The van der Waals surface area contributed by atoms with Gasteiger partial charge in [0.25, 0.3) is 0 Å². The fourth-order valence-electron chi connectivity index (χ4n) is 1.94. The molecule has 122 valence electrons. The summed E-state index contributed by atoms with van der Waals surface area (Å²) >= 11 is 4.70. The summed E-state index contributed by atoms with van der Waals surface area (Å²) in [4.78, 5) is 12.0. The number of hydrogen-bond acceptors (Lipinski definition) is 5. The van der Waals surface area contributed by atoms with Gasteiger partial charge in [-0.3, -0.25) is 5.32 Å². The van der Waals surface area contributed by atoms with E-state index in [4.69, 9.17) is 4.74 Å². The van der Waals surface area contributed by atoms with Crippen molar-refractivity contribution in [3.8, 4) is 16.3 Å². The Kier molecular flexibility index (Phi) is 5.07. The van der Waals surface area contributed by atoms with Gasteiger partial charge in [0.05, 0.1) is 7.11 Å². The van der Waals surface area contributed by atoms with Gasteiger partial charge >= 0.3 is 6.03 Å². The molecular formula is C16H13BrN4O2S. The fraction of sp³-hybridized carbons (Fsp3) is 0.0625. The largest absolute Gasteiger partial charge is 0.497 e. The number of carbonyl (C=O) groups excluding carboxylic acids is 1. The second kappa shape index (κ2) is 7.41. The van der Waals surface area contributed by atoms with Gasteiger partial charge < -0.3 is 10.1 Å². The van der Waals surface area contributed by atoms with E-state index < -0.39 is 0 Å². The molecule has 3 aromatic rings. The summed E-state index contributed by atoms with van der Waals surface area (Å²) in [6, 6.07) is 14.4. The Bertz CT molecular complexity index is 851. The topological polar surface area (TPSA) is 76.1 Å². The average molecular weight is 405 g/mol. The van der Waals surface area contributed by atoms with Crippen LogP contribution in [-0.2, 0) is 0 Å². The molecule has 0 fully saturated rings. The van der Waals surface area contributed by atoms with Gasteiger partial charge in [0, 0.05) is 21.8 Å². The molecule has 2 aromatic carbocycles. The summed E-state index contributed by atoms with van der Waals surface area (Å²) < 4.78 is 6.11. The van der Waals surface area contributed by atoms with Crippen molar-refractivity contribution in [2.75, 3.05) is 17.7 Å². The summed E-state index contributed by atoms with van der Waals surface area (Å²) in [6.07, 6.45) is 0. The first-order chi connectivity index (χ1) is 11.6. The number of amides is 2. The molecule has 24 heavy (non-hydrogen) atoms. The minimum Gasteiger partial charge on any atom is -0.497 e. The number of benzene rings is 2. The highest BCUT2D eigenvalue weighted by molar-refractivity contribution is 9.10. The summed E-state index contributed by atoms with van der Waals surface area (Å²) in [6.45, 7) is 0. The highest BCUT2D eigenvalue weighted by atomic mass is 79.9. The maximum absolute atomic E-state index is 12.0. The highest BCUT2D eigenvalue weighted by Gasteiger charge is 2.10. The van der Waals surface area contributed by atoms with Gasteiger partial charge in [-0.05, 0) is 24.3 Å². The molecule has 0 aliphatic carbocycles. The van der Waals surface area contributed by atoms with Crippen molar-refractivity contribution < 1.29 is 9.53 Å². The van der Waals surface area contributed by atoms with Crippen molar-refractivity contribution in [1.29, 1.82) is 0 Å². The zero-order chi connectivity index (χ0) is 16.9. The lowest BCUT2D eigenvalue weighted by Crippen LogP contribution is -2.19. The van der Waals surface area contributed by atoms with Gasteiger partial charge in [0.1, 0.15) is 10.8 Å². The zero-order valence-corrected chi connectivity index (χ0v) is 15.0. The van der Waals surface area contributed by atoms with E-state index in [2.05, 4.69) is 36.8 Å². The van der Waals surface area contributed by atoms with Crippen LogP contribution in [0.5, 0.6) is 5.75 Å². The van der Waals surface area contributed by atoms with Crippen molar-refractivity contribution >= 4 is 44.1 Å². The maximum atomic E-state index is 12.0. The second-order valence-electron chi connectivity index (χ2n) is 4.73. The third kappa shape index (κ3) is 4.09. The summed E-state index contributed by atoms with van der Waals surface area (Å²) in [5.41, 5.74) is 1.57. The Hall–Kier alpha value is -2.45. The standard InChI is InChI=1S/C16H13BrN4O2S/c1-23-13-4-2-3-12(9-13)18-15(22)19-16-21-20-14(24-16)10-5-7-11(17)8-6-10/h2-9H,1H3,(H2,18,19,21,22). The first-order valence-electron chi connectivity index (χ1n) is 6.95. The van der Waals surface area contributed by atoms with E-state index in [-0.39, 0.29) is 6.03 Å². The number of nitrogens with zero attached hydrogens (tertiary/aromatic N) is 2. The fourth-order valence-corrected chi connectivity index (χ4v) is 2.95. The molecule has 8 heteroatoms. The number of methoxy groups -OCH3 is 1. The second-order valence-corrected chi connectivity index (χ2v) is 6.62. The minimum absolute atomic E-state index is 0.387. The van der Waals surface area contributed by atoms with Crippen molar-refractivity contribution in [2.45, 2.75) is 0 Å². The van der Waals surface area contributed by atoms with E-state index in [1.165, 1.54) is 11.3 Å². The van der Waals surface area contributed by atoms with E-state index in [1.807, 2.05) is 24.3 Å². The maximum Gasteiger partial charge on any atom is 0.325 e. The van der Waals surface area contributed by atoms with Crippen molar-refractivity contribution in [1.82, 2.24) is 10.2 Å². The molecule has 0 aliphatic heterocycles. The summed E-state index contributed by atoms with van der Waals surface area (Å²) in [5.74, 6) is 0.668. The number of urea groups is 1. The Balaban J connectivity index is 1.65. The molecule has 0 bridgehead atoms. The Morgan fingerprint density at radius 3 is 2.67 bits per heavy atom. The molecule has 0 unspecified atom stereocenters. The molecule has 0 saturated carbocycles. The lowest BCUT2D eigenvalue weighted by atomic mass is 10.2. The smallest absolute Gasteiger partial charge is 0.325 e. The summed E-state index contributed by atoms with van der Waals surface area (Å²) in [5, 5.41) is 14.6. The molecule has 0 spiro atoms. The van der Waals surface area contributed by atoms with E-state index >= 15 is 0 Å². The number of aromatic nitrogens is 2. The quantitative estimate of drug-likeness (QED) is 0.664. The average Bonchev–Trinajstić information content (AvgIpc) is 3.04. The number of hydrogen-bond donors (Lipinski definition) is 2. The minimum atomic E-state index is -0.387. The first-order valence-corrected chi connectivity index (χ1v) is 8.56. The van der Waals surface area contributed by atoms with Crippen LogP contribution >= 0.6 is 27.3 Å². The molecule has 0 saturated heterocycles. The number of rotatable bonds is 4. The van der Waals surface area contributed by atoms with Gasteiger partial charge in [0.2, 0.25) is 5.13 Å². The van der Waals surface area contributed by atoms with E-state index in [0.29, 0.717) is 16.6 Å². The van der Waals surface area contributed by atoms with Gasteiger partial charge in [-0.15, -0.1) is 10.2 Å². The normalized spacial score (nSPS) is 10.2. The van der Waals surface area contributed by atoms with Crippen LogP contribution in [0.25, 0.3) is 10.6 Å². The molecule has 1 aromatic heterocycles. The molecule has 2 N–H and O–H groups in total. The summed E-state index contributed by atoms with van der Waals surface area (Å²) in [7, 11) is 1.57. The number of ether oxygens (including phenoxy) is 1. The van der Waals surface area contributed by atoms with Crippen LogP contribution in [0.4, 0.5) is 15.6 Å². The number of halogens is 1. The molecule has 0 radical (unpaired) electrons. The van der Waals surface area contributed by atoms with Crippen molar-refractivity contribution in [3.05, 3.63) is 53.0 Å². The molecule has 1 heterocycles. The molecular weight excluding hydrogens is 392 g/mol. The number of anilines is 2. The van der Waals surface area contributed by atoms with Gasteiger partial charge in [-0.25, -0.2) is 4.79 Å². The van der Waals surface area contributed by atoms with Crippen LogP contribution in [0.1, 0.15) is 0 Å². The van der Waals surface area contributed by atoms with E-state index in [0.717, 1.165) is 15.0 Å². The number of nitrogens with one attached hydrogen (secondary N) is 2. The van der Waals surface area contributed by atoms with Crippen LogP contribution < -0.4 is 15.4 Å². The van der Waals surface area contributed by atoms with Gasteiger partial charge in [-0.2, -0.15) is 0 Å². The number of carbonyl (C=O) groups is 1. The van der Waals surface area contributed by atoms with Gasteiger partial charge in [0.15, 0.2) is 0 Å². The molecule has 6 nitrogen and oxygen atoms in total. The SMILES string of the molecule is COc1cccc(NC(=O)Nc2nnc(-c3ccc(Br)cc3)s2)c1.